The fourth-order valence-corrected chi connectivity index (χ4v) is 3.08. The summed E-state index contributed by atoms with van der Waals surface area (Å²) in [7, 11) is 1.91. The number of likely N-dealkylation sites (tertiary alicyclic amines) is 1. The minimum absolute atomic E-state index is 0.0409. The van der Waals surface area contributed by atoms with Crippen LogP contribution in [0.2, 0.25) is 0 Å². The number of aromatic nitrogens is 2. The van der Waals surface area contributed by atoms with Crippen LogP contribution in [0.5, 0.6) is 0 Å². The van der Waals surface area contributed by atoms with Gasteiger partial charge in [-0.1, -0.05) is 0 Å². The topological polar surface area (TPSA) is 87.5 Å². The lowest BCUT2D eigenvalue weighted by molar-refractivity contribution is -0.146. The van der Waals surface area contributed by atoms with Gasteiger partial charge in [0.1, 0.15) is 0 Å². The van der Waals surface area contributed by atoms with Crippen LogP contribution in [-0.4, -0.2) is 50.9 Å². The van der Waals surface area contributed by atoms with Crippen molar-refractivity contribution in [3.05, 3.63) is 17.0 Å². The van der Waals surface area contributed by atoms with E-state index in [4.69, 9.17) is 0 Å². The van der Waals surface area contributed by atoms with E-state index in [-0.39, 0.29) is 18.6 Å². The van der Waals surface area contributed by atoms with Crippen molar-refractivity contribution in [1.82, 2.24) is 20.0 Å². The first-order chi connectivity index (χ1) is 10.6. The van der Waals surface area contributed by atoms with Gasteiger partial charge in [-0.3, -0.25) is 9.48 Å². The zero-order valence-electron chi connectivity index (χ0n) is 14.5. The molecule has 1 saturated heterocycles. The molecule has 0 spiro atoms. The van der Waals surface area contributed by atoms with Gasteiger partial charge in [0.05, 0.1) is 11.1 Å². The monoisotopic (exact) mass is 322 g/mol. The molecule has 1 aromatic heterocycles. The number of nitrogens with zero attached hydrogens (tertiary/aromatic N) is 3. The molecule has 0 aliphatic carbocycles. The van der Waals surface area contributed by atoms with Crippen molar-refractivity contribution in [2.75, 3.05) is 13.1 Å². The minimum atomic E-state index is -0.845. The number of hydrogen-bond acceptors (Lipinski definition) is 3. The quantitative estimate of drug-likeness (QED) is 0.879. The first-order valence-electron chi connectivity index (χ1n) is 7.92. The SMILES string of the molecule is Cc1nn(C)c(C)c1CC(C)NC(=O)N1CCC(C)(C(=O)O)C1. The van der Waals surface area contributed by atoms with Crippen molar-refractivity contribution in [3.8, 4) is 0 Å². The van der Waals surface area contributed by atoms with Crippen LogP contribution in [0.25, 0.3) is 0 Å². The van der Waals surface area contributed by atoms with Gasteiger partial charge >= 0.3 is 12.0 Å². The molecule has 2 heterocycles. The summed E-state index contributed by atoms with van der Waals surface area (Å²) in [5.41, 5.74) is 2.39. The summed E-state index contributed by atoms with van der Waals surface area (Å²) in [4.78, 5) is 25.2. The summed E-state index contributed by atoms with van der Waals surface area (Å²) in [6, 6.07) is -0.234. The highest BCUT2D eigenvalue weighted by Gasteiger charge is 2.42. The summed E-state index contributed by atoms with van der Waals surface area (Å²) >= 11 is 0. The average Bonchev–Trinajstić information content (AvgIpc) is 2.96. The molecule has 0 radical (unpaired) electrons. The van der Waals surface area contributed by atoms with Crippen molar-refractivity contribution < 1.29 is 14.7 Å². The number of amides is 2. The van der Waals surface area contributed by atoms with Crippen molar-refractivity contribution in [2.24, 2.45) is 12.5 Å². The fourth-order valence-electron chi connectivity index (χ4n) is 3.08. The van der Waals surface area contributed by atoms with Gasteiger partial charge in [0, 0.05) is 31.9 Å². The lowest BCUT2D eigenvalue weighted by Gasteiger charge is -2.23. The Kier molecular flexibility index (Phi) is 4.68. The Morgan fingerprint density at radius 2 is 2.09 bits per heavy atom. The lowest BCUT2D eigenvalue weighted by Crippen LogP contribution is -2.45. The van der Waals surface area contributed by atoms with Gasteiger partial charge in [-0.25, -0.2) is 4.79 Å². The van der Waals surface area contributed by atoms with Crippen molar-refractivity contribution >= 4 is 12.0 Å². The summed E-state index contributed by atoms with van der Waals surface area (Å²) in [5, 5.41) is 16.6. The highest BCUT2D eigenvalue weighted by atomic mass is 16.4. The maximum Gasteiger partial charge on any atom is 0.317 e. The Balaban J connectivity index is 1.94. The largest absolute Gasteiger partial charge is 0.481 e. The van der Waals surface area contributed by atoms with Gasteiger partial charge in [-0.2, -0.15) is 5.10 Å². The zero-order valence-corrected chi connectivity index (χ0v) is 14.5. The smallest absolute Gasteiger partial charge is 0.317 e. The van der Waals surface area contributed by atoms with Gasteiger partial charge in [0.15, 0.2) is 0 Å². The van der Waals surface area contributed by atoms with Crippen LogP contribution in [0.1, 0.15) is 37.2 Å². The van der Waals surface area contributed by atoms with E-state index in [0.29, 0.717) is 19.4 Å². The van der Waals surface area contributed by atoms with E-state index in [1.54, 1.807) is 11.8 Å². The number of carbonyl (C=O) groups is 2. The number of carboxylic acids is 1. The van der Waals surface area contributed by atoms with Gasteiger partial charge in [0.25, 0.3) is 0 Å². The molecule has 7 heteroatoms. The molecular formula is C16H26N4O3. The van der Waals surface area contributed by atoms with E-state index in [1.807, 2.05) is 32.5 Å². The Morgan fingerprint density at radius 3 is 2.57 bits per heavy atom. The molecule has 2 amide bonds. The number of carboxylic acid groups (broad SMARTS) is 1. The lowest BCUT2D eigenvalue weighted by atomic mass is 9.90. The Hall–Kier alpha value is -2.05. The van der Waals surface area contributed by atoms with Crippen LogP contribution in [-0.2, 0) is 18.3 Å². The second-order valence-corrected chi connectivity index (χ2v) is 6.87. The number of aryl methyl sites for hydroxylation is 2. The first kappa shape index (κ1) is 17.3. The van der Waals surface area contributed by atoms with E-state index in [2.05, 4.69) is 10.4 Å². The van der Waals surface area contributed by atoms with Gasteiger partial charge in [-0.05, 0) is 46.1 Å². The van der Waals surface area contributed by atoms with Gasteiger partial charge in [0.2, 0.25) is 0 Å². The maximum atomic E-state index is 12.3. The molecule has 2 atom stereocenters. The molecule has 1 aliphatic heterocycles. The molecule has 1 aliphatic rings. The van der Waals surface area contributed by atoms with E-state index in [0.717, 1.165) is 17.0 Å². The molecule has 0 aromatic carbocycles. The van der Waals surface area contributed by atoms with E-state index in [1.165, 1.54) is 0 Å². The second kappa shape index (κ2) is 6.22. The Morgan fingerprint density at radius 1 is 1.43 bits per heavy atom. The van der Waals surface area contributed by atoms with Crippen LogP contribution in [0.4, 0.5) is 4.79 Å². The summed E-state index contributed by atoms with van der Waals surface area (Å²) in [6.45, 7) is 8.36. The number of nitrogens with one attached hydrogen (secondary N) is 1. The molecule has 0 bridgehead atoms. The predicted octanol–water partition coefficient (Wildman–Crippen LogP) is 1.47. The third-order valence-corrected chi connectivity index (χ3v) is 4.82. The summed E-state index contributed by atoms with van der Waals surface area (Å²) in [5.74, 6) is -0.845. The maximum absolute atomic E-state index is 12.3. The van der Waals surface area contributed by atoms with Crippen molar-refractivity contribution in [1.29, 1.82) is 0 Å². The minimum Gasteiger partial charge on any atom is -0.481 e. The number of carbonyl (C=O) groups excluding carboxylic acids is 1. The highest BCUT2D eigenvalue weighted by molar-refractivity contribution is 5.79. The average molecular weight is 322 g/mol. The first-order valence-corrected chi connectivity index (χ1v) is 7.92. The predicted molar refractivity (Wildman–Crippen MR) is 86.3 cm³/mol. The zero-order chi connectivity index (χ0) is 17.4. The normalized spacial score (nSPS) is 22.2. The van der Waals surface area contributed by atoms with E-state index >= 15 is 0 Å². The second-order valence-electron chi connectivity index (χ2n) is 6.87. The molecule has 1 aromatic rings. The molecular weight excluding hydrogens is 296 g/mol. The molecule has 128 valence electrons. The molecule has 1 fully saturated rings. The summed E-state index contributed by atoms with van der Waals surface area (Å²) in [6.07, 6.45) is 1.20. The Bertz CT molecular complexity index is 625. The van der Waals surface area contributed by atoms with Crippen LogP contribution in [0.15, 0.2) is 0 Å². The molecule has 2 rings (SSSR count). The van der Waals surface area contributed by atoms with Gasteiger partial charge in [-0.15, -0.1) is 0 Å². The molecule has 23 heavy (non-hydrogen) atoms. The van der Waals surface area contributed by atoms with Gasteiger partial charge < -0.3 is 15.3 Å². The van der Waals surface area contributed by atoms with Crippen LogP contribution < -0.4 is 5.32 Å². The number of urea groups is 1. The fraction of sp³-hybridized carbons (Fsp3) is 0.688. The number of hydrogen-bond donors (Lipinski definition) is 2. The molecule has 7 nitrogen and oxygen atoms in total. The van der Waals surface area contributed by atoms with Crippen molar-refractivity contribution in [3.63, 3.8) is 0 Å². The standard InChI is InChI=1S/C16H26N4O3/c1-10(8-13-11(2)18-19(5)12(13)3)17-15(23)20-7-6-16(4,9-20)14(21)22/h10H,6-9H2,1-5H3,(H,17,23)(H,21,22). The number of rotatable bonds is 4. The highest BCUT2D eigenvalue weighted by Crippen LogP contribution is 2.30. The molecule has 2 unspecified atom stereocenters. The van der Waals surface area contributed by atoms with Crippen molar-refractivity contribution in [2.45, 2.75) is 46.6 Å². The third kappa shape index (κ3) is 3.48. The van der Waals surface area contributed by atoms with E-state index < -0.39 is 11.4 Å². The molecule has 0 saturated carbocycles. The number of aliphatic carboxylic acids is 1. The summed E-state index contributed by atoms with van der Waals surface area (Å²) < 4.78 is 1.85. The van der Waals surface area contributed by atoms with Crippen LogP contribution >= 0.6 is 0 Å². The third-order valence-electron chi connectivity index (χ3n) is 4.82. The van der Waals surface area contributed by atoms with Crippen LogP contribution in [0.3, 0.4) is 0 Å². The molecule has 2 N–H and O–H groups in total. The van der Waals surface area contributed by atoms with E-state index in [9.17, 15) is 14.7 Å². The Labute approximate surface area is 136 Å². The van der Waals surface area contributed by atoms with Crippen LogP contribution in [0, 0.1) is 19.3 Å².